The predicted octanol–water partition coefficient (Wildman–Crippen LogP) is 6.43. The number of benzene rings is 3. The van der Waals surface area contributed by atoms with Crippen molar-refractivity contribution in [3.8, 4) is 17.5 Å². The minimum Gasteiger partial charge on any atom is -0.319 e. The fourth-order valence-corrected chi connectivity index (χ4v) is 4.16. The average Bonchev–Trinajstić information content (AvgIpc) is 3.11. The van der Waals surface area contributed by atoms with E-state index in [0.29, 0.717) is 5.56 Å². The molecule has 0 aliphatic carbocycles. The predicted molar refractivity (Wildman–Crippen MR) is 121 cm³/mol. The van der Waals surface area contributed by atoms with Crippen LogP contribution in [-0.4, -0.2) is 15.3 Å². The Kier molecular flexibility index (Phi) is 5.69. The second kappa shape index (κ2) is 8.55. The number of fused-ring (bicyclic) bond motifs is 1. The lowest BCUT2D eigenvalue weighted by Crippen LogP contribution is -2.02. The molecule has 0 amide bonds. The Morgan fingerprint density at radius 1 is 1.00 bits per heavy atom. The van der Waals surface area contributed by atoms with Crippen molar-refractivity contribution >= 4 is 22.8 Å². The highest BCUT2D eigenvalue weighted by atomic mass is 32.2. The van der Waals surface area contributed by atoms with Crippen LogP contribution in [0.15, 0.2) is 71.6 Å². The van der Waals surface area contributed by atoms with Gasteiger partial charge in [-0.1, -0.05) is 36.8 Å². The first-order valence-electron chi connectivity index (χ1n) is 9.87. The molecule has 3 nitrogen and oxygen atoms in total. The monoisotopic (exact) mass is 397 g/mol. The van der Waals surface area contributed by atoms with Crippen LogP contribution in [0.25, 0.3) is 22.4 Å². The third kappa shape index (κ3) is 4.21. The van der Waals surface area contributed by atoms with Crippen LogP contribution in [0.4, 0.5) is 0 Å². The van der Waals surface area contributed by atoms with Crippen molar-refractivity contribution in [1.82, 2.24) is 9.55 Å². The average molecular weight is 398 g/mol. The van der Waals surface area contributed by atoms with Crippen molar-refractivity contribution in [3.05, 3.63) is 83.4 Å². The van der Waals surface area contributed by atoms with Gasteiger partial charge in [0.25, 0.3) is 0 Å². The van der Waals surface area contributed by atoms with Crippen LogP contribution < -0.4 is 0 Å². The number of aryl methyl sites for hydroxylation is 1. The molecule has 3 aromatic carbocycles. The third-order valence-corrected chi connectivity index (χ3v) is 6.13. The van der Waals surface area contributed by atoms with Gasteiger partial charge in [-0.25, -0.2) is 4.98 Å². The number of hydrogen-bond donors (Lipinski definition) is 0. The molecule has 0 bridgehead atoms. The summed E-state index contributed by atoms with van der Waals surface area (Å²) < 4.78 is 2.29. The van der Waals surface area contributed by atoms with Crippen LogP contribution in [0.5, 0.6) is 0 Å². The van der Waals surface area contributed by atoms with Crippen molar-refractivity contribution in [3.63, 3.8) is 0 Å². The van der Waals surface area contributed by atoms with Crippen LogP contribution in [0.3, 0.4) is 0 Å². The molecule has 4 heteroatoms. The van der Waals surface area contributed by atoms with Gasteiger partial charge in [0.05, 0.1) is 22.7 Å². The summed E-state index contributed by atoms with van der Waals surface area (Å²) in [6.07, 6.45) is 1.15. The molecule has 1 aromatic heterocycles. The Morgan fingerprint density at radius 2 is 1.76 bits per heavy atom. The lowest BCUT2D eigenvalue weighted by molar-refractivity contribution is 0.833. The van der Waals surface area contributed by atoms with E-state index in [2.05, 4.69) is 66.9 Å². The summed E-state index contributed by atoms with van der Waals surface area (Å²) in [6, 6.07) is 25.1. The first kappa shape index (κ1) is 19.3. The Morgan fingerprint density at radius 3 is 2.45 bits per heavy atom. The fraction of sp³-hybridized carbons (Fsp3) is 0.200. The highest BCUT2D eigenvalue weighted by Gasteiger charge is 2.14. The molecule has 29 heavy (non-hydrogen) atoms. The van der Waals surface area contributed by atoms with E-state index in [4.69, 9.17) is 10.2 Å². The molecule has 0 atom stereocenters. The summed E-state index contributed by atoms with van der Waals surface area (Å²) in [5.74, 6) is 2.04. The molecule has 1 heterocycles. The SMILES string of the molecule is CCCSc1ccc2nc(-c3ccc(C#N)cc3)n(Cc3ccc(C)cc3)c2c1. The minimum atomic E-state index is 0.660. The number of nitrogens with zero attached hydrogens (tertiary/aromatic N) is 3. The first-order valence-corrected chi connectivity index (χ1v) is 10.9. The number of nitriles is 1. The topological polar surface area (TPSA) is 41.6 Å². The minimum absolute atomic E-state index is 0.660. The van der Waals surface area contributed by atoms with Gasteiger partial charge in [0, 0.05) is 17.0 Å². The number of imidazole rings is 1. The maximum absolute atomic E-state index is 9.11. The smallest absolute Gasteiger partial charge is 0.141 e. The largest absolute Gasteiger partial charge is 0.319 e. The van der Waals surface area contributed by atoms with Crippen LogP contribution in [-0.2, 0) is 6.54 Å². The van der Waals surface area contributed by atoms with Crippen molar-refractivity contribution < 1.29 is 0 Å². The molecule has 0 unspecified atom stereocenters. The van der Waals surface area contributed by atoms with Gasteiger partial charge in [0.1, 0.15) is 5.82 Å². The Balaban J connectivity index is 1.83. The van der Waals surface area contributed by atoms with Crippen molar-refractivity contribution in [2.45, 2.75) is 31.7 Å². The van der Waals surface area contributed by atoms with E-state index < -0.39 is 0 Å². The Bertz CT molecular complexity index is 1170. The number of aromatic nitrogens is 2. The van der Waals surface area contributed by atoms with Crippen molar-refractivity contribution in [2.24, 2.45) is 0 Å². The summed E-state index contributed by atoms with van der Waals surface area (Å²) in [6.45, 7) is 5.07. The number of rotatable bonds is 6. The van der Waals surface area contributed by atoms with E-state index in [1.807, 2.05) is 36.0 Å². The van der Waals surface area contributed by atoms with Crippen LogP contribution in [0, 0.1) is 18.3 Å². The second-order valence-electron chi connectivity index (χ2n) is 7.20. The zero-order valence-electron chi connectivity index (χ0n) is 16.7. The fourth-order valence-electron chi connectivity index (χ4n) is 3.36. The van der Waals surface area contributed by atoms with E-state index >= 15 is 0 Å². The molecule has 0 fully saturated rings. The lowest BCUT2D eigenvalue weighted by atomic mass is 10.1. The van der Waals surface area contributed by atoms with Crippen molar-refractivity contribution in [2.75, 3.05) is 5.75 Å². The van der Waals surface area contributed by atoms with E-state index in [9.17, 15) is 0 Å². The molecular weight excluding hydrogens is 374 g/mol. The zero-order valence-corrected chi connectivity index (χ0v) is 17.5. The molecule has 0 aliphatic rings. The highest BCUT2D eigenvalue weighted by molar-refractivity contribution is 7.99. The van der Waals surface area contributed by atoms with Crippen LogP contribution >= 0.6 is 11.8 Å². The van der Waals surface area contributed by atoms with Crippen LogP contribution in [0.2, 0.25) is 0 Å². The van der Waals surface area contributed by atoms with Gasteiger partial charge in [0.15, 0.2) is 0 Å². The zero-order chi connectivity index (χ0) is 20.2. The molecule has 4 rings (SSSR count). The summed E-state index contributed by atoms with van der Waals surface area (Å²) in [4.78, 5) is 6.22. The molecule has 0 radical (unpaired) electrons. The van der Waals surface area contributed by atoms with E-state index in [1.54, 1.807) is 0 Å². The highest BCUT2D eigenvalue weighted by Crippen LogP contribution is 2.30. The molecule has 4 aromatic rings. The summed E-state index contributed by atoms with van der Waals surface area (Å²) >= 11 is 1.89. The molecule has 0 saturated carbocycles. The first-order chi connectivity index (χ1) is 14.2. The van der Waals surface area contributed by atoms with Gasteiger partial charge in [-0.3, -0.25) is 0 Å². The van der Waals surface area contributed by atoms with Crippen LogP contribution in [0.1, 0.15) is 30.0 Å². The van der Waals surface area contributed by atoms with Crippen molar-refractivity contribution in [1.29, 1.82) is 5.26 Å². The maximum Gasteiger partial charge on any atom is 0.141 e. The maximum atomic E-state index is 9.11. The summed E-state index contributed by atoms with van der Waals surface area (Å²) in [5.41, 5.74) is 6.33. The normalized spacial score (nSPS) is 10.9. The molecule has 0 aliphatic heterocycles. The van der Waals surface area contributed by atoms with Gasteiger partial charge in [-0.05, 0) is 67.1 Å². The molecular formula is C25H23N3S. The quantitative estimate of drug-likeness (QED) is 0.352. The summed E-state index contributed by atoms with van der Waals surface area (Å²) in [7, 11) is 0. The number of thioether (sulfide) groups is 1. The standard InChI is InChI=1S/C25H23N3S/c1-3-14-29-22-12-13-23-24(15-22)28(17-20-6-4-18(2)5-7-20)25(27-23)21-10-8-19(16-26)9-11-21/h4-13,15H,3,14,17H2,1-2H3. The van der Waals surface area contributed by atoms with E-state index in [1.165, 1.54) is 16.0 Å². The van der Waals surface area contributed by atoms with Gasteiger partial charge >= 0.3 is 0 Å². The molecule has 0 saturated heterocycles. The molecule has 0 N–H and O–H groups in total. The number of hydrogen-bond acceptors (Lipinski definition) is 3. The van der Waals surface area contributed by atoms with Gasteiger partial charge < -0.3 is 4.57 Å². The Hall–Kier alpha value is -3.03. The van der Waals surface area contributed by atoms with E-state index in [-0.39, 0.29) is 0 Å². The lowest BCUT2D eigenvalue weighted by Gasteiger charge is -2.11. The second-order valence-corrected chi connectivity index (χ2v) is 8.36. The van der Waals surface area contributed by atoms with Gasteiger partial charge in [0.2, 0.25) is 0 Å². The third-order valence-electron chi connectivity index (χ3n) is 4.93. The Labute approximate surface area is 176 Å². The summed E-state index contributed by atoms with van der Waals surface area (Å²) in [5, 5.41) is 9.11. The molecule has 0 spiro atoms. The van der Waals surface area contributed by atoms with Gasteiger partial charge in [-0.2, -0.15) is 5.26 Å². The van der Waals surface area contributed by atoms with E-state index in [0.717, 1.165) is 41.1 Å². The van der Waals surface area contributed by atoms with Gasteiger partial charge in [-0.15, -0.1) is 11.8 Å². The molecule has 144 valence electrons.